The second kappa shape index (κ2) is 4.95. The Morgan fingerprint density at radius 2 is 2.50 bits per heavy atom. The Bertz CT molecular complexity index is 240. The fraction of sp³-hybridized carbons (Fsp3) is 0.778. The van der Waals surface area contributed by atoms with Gasteiger partial charge in [-0.3, -0.25) is 4.99 Å². The topological polar surface area (TPSA) is 62.1 Å². The first-order valence-electron chi connectivity index (χ1n) is 4.68. The summed E-state index contributed by atoms with van der Waals surface area (Å²) >= 11 is 0. The molecule has 0 aromatic heterocycles. The van der Waals surface area contributed by atoms with Crippen LogP contribution in [-0.2, 0) is 9.53 Å². The molecule has 0 fully saturated rings. The highest BCUT2D eigenvalue weighted by Crippen LogP contribution is 2.07. The van der Waals surface area contributed by atoms with E-state index in [0.717, 1.165) is 18.9 Å². The van der Waals surface area contributed by atoms with E-state index in [1.165, 1.54) is 0 Å². The van der Waals surface area contributed by atoms with Gasteiger partial charge in [-0.25, -0.2) is 4.79 Å². The maximum absolute atomic E-state index is 10.2. The molecule has 14 heavy (non-hydrogen) atoms. The molecule has 0 bridgehead atoms. The van der Waals surface area contributed by atoms with Crippen molar-refractivity contribution < 1.29 is 14.6 Å². The van der Waals surface area contributed by atoms with Gasteiger partial charge in [0.2, 0.25) is 0 Å². The van der Waals surface area contributed by atoms with Crippen molar-refractivity contribution in [1.29, 1.82) is 0 Å². The number of amidine groups is 1. The van der Waals surface area contributed by atoms with Crippen LogP contribution in [0, 0.1) is 0 Å². The van der Waals surface area contributed by atoms with Gasteiger partial charge in [-0.05, 0) is 13.8 Å². The lowest BCUT2D eigenvalue weighted by Gasteiger charge is -2.25. The second-order valence-electron chi connectivity index (χ2n) is 3.38. The lowest BCUT2D eigenvalue weighted by molar-refractivity contribution is -0.142. The van der Waals surface area contributed by atoms with Crippen molar-refractivity contribution in [2.75, 3.05) is 26.3 Å². The Hall–Kier alpha value is -1.10. The molecule has 5 heteroatoms. The summed E-state index contributed by atoms with van der Waals surface area (Å²) in [6.07, 6.45) is 0. The average Bonchev–Trinajstić information content (AvgIpc) is 2.50. The van der Waals surface area contributed by atoms with Gasteiger partial charge >= 0.3 is 5.97 Å². The predicted octanol–water partition coefficient (Wildman–Crippen LogP) is 0.210. The van der Waals surface area contributed by atoms with E-state index in [-0.39, 0.29) is 12.6 Å². The van der Waals surface area contributed by atoms with Crippen LogP contribution in [0.1, 0.15) is 13.8 Å². The normalized spacial score (nSPS) is 18.1. The third-order valence-corrected chi connectivity index (χ3v) is 2.21. The Morgan fingerprint density at radius 1 is 1.79 bits per heavy atom. The second-order valence-corrected chi connectivity index (χ2v) is 3.38. The third-order valence-electron chi connectivity index (χ3n) is 2.21. The number of carboxylic acids is 1. The van der Waals surface area contributed by atoms with Crippen LogP contribution in [0.25, 0.3) is 0 Å². The molecule has 0 saturated heterocycles. The predicted molar refractivity (Wildman–Crippen MR) is 52.6 cm³/mol. The summed E-state index contributed by atoms with van der Waals surface area (Å²) < 4.78 is 5.02. The summed E-state index contributed by atoms with van der Waals surface area (Å²) in [7, 11) is 0. The first kappa shape index (κ1) is 11.0. The molecule has 1 atom stereocenters. The Morgan fingerprint density at radius 3 is 3.00 bits per heavy atom. The van der Waals surface area contributed by atoms with E-state index in [9.17, 15) is 4.79 Å². The lowest BCUT2D eigenvalue weighted by atomic mass is 10.3. The Labute approximate surface area is 83.4 Å². The van der Waals surface area contributed by atoms with Crippen LogP contribution in [0.3, 0.4) is 0 Å². The maximum atomic E-state index is 10.2. The quantitative estimate of drug-likeness (QED) is 0.689. The highest BCUT2D eigenvalue weighted by Gasteiger charge is 2.18. The molecule has 1 aliphatic heterocycles. The molecule has 0 aromatic rings. The highest BCUT2D eigenvalue weighted by molar-refractivity contribution is 5.81. The number of aliphatic imine (C=N–C) groups is 1. The van der Waals surface area contributed by atoms with Gasteiger partial charge in [-0.2, -0.15) is 0 Å². The molecule has 80 valence electrons. The highest BCUT2D eigenvalue weighted by atomic mass is 16.5. The monoisotopic (exact) mass is 200 g/mol. The molecule has 1 N–H and O–H groups in total. The van der Waals surface area contributed by atoms with E-state index in [1.54, 1.807) is 0 Å². The van der Waals surface area contributed by atoms with E-state index >= 15 is 0 Å². The average molecular weight is 200 g/mol. The Kier molecular flexibility index (Phi) is 3.88. The third kappa shape index (κ3) is 2.99. The van der Waals surface area contributed by atoms with Crippen LogP contribution in [-0.4, -0.2) is 54.2 Å². The van der Waals surface area contributed by atoms with Crippen molar-refractivity contribution in [2.45, 2.75) is 19.9 Å². The van der Waals surface area contributed by atoms with Crippen LogP contribution in [0.4, 0.5) is 0 Å². The number of hydrogen-bond acceptors (Lipinski definition) is 4. The van der Waals surface area contributed by atoms with E-state index in [1.807, 2.05) is 13.8 Å². The van der Waals surface area contributed by atoms with E-state index in [0.29, 0.717) is 6.61 Å². The number of hydrogen-bond donors (Lipinski definition) is 1. The van der Waals surface area contributed by atoms with Crippen molar-refractivity contribution in [2.24, 2.45) is 4.99 Å². The summed E-state index contributed by atoms with van der Waals surface area (Å²) in [6.45, 7) is 5.90. The molecule has 1 heterocycles. The van der Waals surface area contributed by atoms with Gasteiger partial charge in [0.1, 0.15) is 6.61 Å². The molecule has 1 aliphatic rings. The van der Waals surface area contributed by atoms with Gasteiger partial charge in [0.05, 0.1) is 25.0 Å². The van der Waals surface area contributed by atoms with Crippen LogP contribution >= 0.6 is 0 Å². The first-order valence-corrected chi connectivity index (χ1v) is 4.68. The molecule has 5 nitrogen and oxygen atoms in total. The molecule has 0 aromatic carbocycles. The lowest BCUT2D eigenvalue weighted by Crippen LogP contribution is -2.38. The van der Waals surface area contributed by atoms with Crippen molar-refractivity contribution >= 4 is 11.8 Å². The molecule has 0 spiro atoms. The van der Waals surface area contributed by atoms with E-state index < -0.39 is 5.97 Å². The largest absolute Gasteiger partial charge is 0.480 e. The summed E-state index contributed by atoms with van der Waals surface area (Å²) in [5.41, 5.74) is 0. The Balaban J connectivity index is 2.24. The number of ether oxygens (including phenoxy) is 1. The molecule has 0 amide bonds. The SMILES string of the molecule is CC1=NCCN1C(C)COCC(=O)O. The number of rotatable bonds is 5. The zero-order valence-corrected chi connectivity index (χ0v) is 8.56. The van der Waals surface area contributed by atoms with Gasteiger partial charge < -0.3 is 14.7 Å². The minimum absolute atomic E-state index is 0.195. The number of nitrogens with zero attached hydrogens (tertiary/aromatic N) is 2. The standard InChI is InChI=1S/C9H16N2O3/c1-7(5-14-6-9(12)13)11-4-3-10-8(11)2/h7H,3-6H2,1-2H3,(H,12,13). The molecular weight excluding hydrogens is 184 g/mol. The van der Waals surface area contributed by atoms with Crippen LogP contribution < -0.4 is 0 Å². The zero-order chi connectivity index (χ0) is 10.6. The van der Waals surface area contributed by atoms with Crippen molar-refractivity contribution in [3.05, 3.63) is 0 Å². The molecule has 1 unspecified atom stereocenters. The summed E-state index contributed by atoms with van der Waals surface area (Å²) in [5, 5.41) is 8.38. The van der Waals surface area contributed by atoms with Crippen molar-refractivity contribution in [1.82, 2.24) is 4.90 Å². The summed E-state index contributed by atoms with van der Waals surface area (Å²) in [4.78, 5) is 16.6. The van der Waals surface area contributed by atoms with Crippen molar-refractivity contribution in [3.63, 3.8) is 0 Å². The van der Waals surface area contributed by atoms with Crippen LogP contribution in [0.15, 0.2) is 4.99 Å². The van der Waals surface area contributed by atoms with Gasteiger partial charge in [0.15, 0.2) is 0 Å². The molecule has 1 rings (SSSR count). The number of carbonyl (C=O) groups is 1. The minimum Gasteiger partial charge on any atom is -0.480 e. The number of aliphatic carboxylic acids is 1. The summed E-state index contributed by atoms with van der Waals surface area (Å²) in [5.74, 6) is 0.0837. The van der Waals surface area contributed by atoms with E-state index in [2.05, 4.69) is 9.89 Å². The maximum Gasteiger partial charge on any atom is 0.329 e. The minimum atomic E-state index is -0.927. The summed E-state index contributed by atoms with van der Waals surface area (Å²) in [6, 6.07) is 0.195. The van der Waals surface area contributed by atoms with Crippen LogP contribution in [0.2, 0.25) is 0 Å². The van der Waals surface area contributed by atoms with E-state index in [4.69, 9.17) is 9.84 Å². The van der Waals surface area contributed by atoms with Crippen molar-refractivity contribution in [3.8, 4) is 0 Å². The van der Waals surface area contributed by atoms with Gasteiger partial charge in [0.25, 0.3) is 0 Å². The van der Waals surface area contributed by atoms with Crippen LogP contribution in [0.5, 0.6) is 0 Å². The fourth-order valence-corrected chi connectivity index (χ4v) is 1.52. The molecular formula is C9H16N2O3. The zero-order valence-electron chi connectivity index (χ0n) is 8.56. The molecule has 0 radical (unpaired) electrons. The molecule has 0 aliphatic carbocycles. The molecule has 0 saturated carbocycles. The fourth-order valence-electron chi connectivity index (χ4n) is 1.52. The smallest absolute Gasteiger partial charge is 0.329 e. The number of carboxylic acid groups (broad SMARTS) is 1. The first-order chi connectivity index (χ1) is 6.61. The van der Waals surface area contributed by atoms with Gasteiger partial charge in [-0.15, -0.1) is 0 Å². The van der Waals surface area contributed by atoms with Gasteiger partial charge in [0, 0.05) is 6.54 Å². The van der Waals surface area contributed by atoms with Gasteiger partial charge in [-0.1, -0.05) is 0 Å².